The molecule has 1 unspecified atom stereocenters. The maximum atomic E-state index is 4.35. The number of nitrogens with zero attached hydrogens (tertiary/aromatic N) is 1. The van der Waals surface area contributed by atoms with E-state index < -0.39 is 0 Å². The minimum absolute atomic E-state index is 0.0380. The zero-order valence-electron chi connectivity index (χ0n) is 12.1. The largest absolute Gasteiger partial charge is 0.264 e. The quantitative estimate of drug-likeness (QED) is 0.904. The Labute approximate surface area is 120 Å². The molecule has 102 valence electrons. The van der Waals surface area contributed by atoms with Crippen LogP contribution in [0.1, 0.15) is 37.8 Å². The molecule has 1 aliphatic rings. The number of pyridine rings is 1. The SMILES string of the molecule is CCC1=[NH+][C@@H](C)CC1(c1ccccc1)c1cccnc1. The maximum Gasteiger partial charge on any atom is 0.166 e. The zero-order chi connectivity index (χ0) is 14.0. The van der Waals surface area contributed by atoms with Crippen LogP contribution in [0.5, 0.6) is 0 Å². The fourth-order valence-corrected chi connectivity index (χ4v) is 3.55. The van der Waals surface area contributed by atoms with Crippen molar-refractivity contribution in [3.05, 3.63) is 66.0 Å². The van der Waals surface area contributed by atoms with Crippen LogP contribution < -0.4 is 4.99 Å². The monoisotopic (exact) mass is 265 g/mol. The van der Waals surface area contributed by atoms with E-state index in [1.807, 2.05) is 18.5 Å². The Morgan fingerprint density at radius 2 is 1.90 bits per heavy atom. The molecular formula is C18H21N2+. The van der Waals surface area contributed by atoms with Gasteiger partial charge >= 0.3 is 0 Å². The van der Waals surface area contributed by atoms with Crippen molar-refractivity contribution in [1.29, 1.82) is 0 Å². The minimum Gasteiger partial charge on any atom is -0.264 e. The van der Waals surface area contributed by atoms with Crippen LogP contribution in [0.2, 0.25) is 0 Å². The van der Waals surface area contributed by atoms with Crippen LogP contribution in [0.25, 0.3) is 0 Å². The molecule has 3 rings (SSSR count). The minimum atomic E-state index is -0.0380. The number of aromatic nitrogens is 1. The fourth-order valence-electron chi connectivity index (χ4n) is 3.55. The molecule has 20 heavy (non-hydrogen) atoms. The van der Waals surface area contributed by atoms with E-state index in [4.69, 9.17) is 0 Å². The molecule has 2 aromatic rings. The van der Waals surface area contributed by atoms with E-state index >= 15 is 0 Å². The predicted octanol–water partition coefficient (Wildman–Crippen LogP) is 2.09. The second-order valence-corrected chi connectivity index (χ2v) is 5.59. The highest BCUT2D eigenvalue weighted by Crippen LogP contribution is 2.39. The van der Waals surface area contributed by atoms with Crippen molar-refractivity contribution in [3.8, 4) is 0 Å². The molecule has 0 saturated carbocycles. The van der Waals surface area contributed by atoms with Crippen molar-refractivity contribution in [2.45, 2.75) is 38.1 Å². The molecule has 0 saturated heterocycles. The van der Waals surface area contributed by atoms with Crippen molar-refractivity contribution in [2.24, 2.45) is 0 Å². The van der Waals surface area contributed by atoms with Crippen molar-refractivity contribution in [3.63, 3.8) is 0 Å². The van der Waals surface area contributed by atoms with Crippen LogP contribution in [0, 0.1) is 0 Å². The van der Waals surface area contributed by atoms with Gasteiger partial charge in [0.1, 0.15) is 11.5 Å². The normalized spacial score (nSPS) is 25.5. The van der Waals surface area contributed by atoms with Crippen molar-refractivity contribution in [1.82, 2.24) is 4.98 Å². The van der Waals surface area contributed by atoms with E-state index in [0.717, 1.165) is 12.8 Å². The lowest BCUT2D eigenvalue weighted by Gasteiger charge is -2.28. The molecule has 1 aromatic carbocycles. The molecular weight excluding hydrogens is 244 g/mol. The third kappa shape index (κ3) is 1.96. The number of benzene rings is 1. The maximum absolute atomic E-state index is 4.35. The smallest absolute Gasteiger partial charge is 0.166 e. The Balaban J connectivity index is 2.22. The molecule has 0 bridgehead atoms. The van der Waals surface area contributed by atoms with Gasteiger partial charge in [0.25, 0.3) is 0 Å². The van der Waals surface area contributed by atoms with E-state index in [0.29, 0.717) is 6.04 Å². The highest BCUT2D eigenvalue weighted by atomic mass is 14.9. The van der Waals surface area contributed by atoms with E-state index in [-0.39, 0.29) is 5.41 Å². The van der Waals surface area contributed by atoms with Crippen LogP contribution in [0.3, 0.4) is 0 Å². The number of nitrogens with one attached hydrogen (secondary N) is 1. The summed E-state index contributed by atoms with van der Waals surface area (Å²) >= 11 is 0. The third-order valence-electron chi connectivity index (χ3n) is 4.32. The lowest BCUT2D eigenvalue weighted by Crippen LogP contribution is -2.75. The van der Waals surface area contributed by atoms with Gasteiger partial charge < -0.3 is 0 Å². The van der Waals surface area contributed by atoms with Gasteiger partial charge in [-0.3, -0.25) is 4.98 Å². The Bertz CT molecular complexity index is 562. The van der Waals surface area contributed by atoms with Crippen LogP contribution in [-0.2, 0) is 5.41 Å². The average molecular weight is 265 g/mol. The van der Waals surface area contributed by atoms with Crippen molar-refractivity contribution >= 4 is 5.71 Å². The lowest BCUT2D eigenvalue weighted by molar-refractivity contribution is -0.489. The Kier molecular flexibility index (Phi) is 3.39. The Hall–Kier alpha value is -1.96. The molecule has 2 atom stereocenters. The molecule has 1 aromatic heterocycles. The number of rotatable bonds is 3. The molecule has 2 nitrogen and oxygen atoms in total. The van der Waals surface area contributed by atoms with Crippen molar-refractivity contribution in [2.75, 3.05) is 0 Å². The Morgan fingerprint density at radius 1 is 1.15 bits per heavy atom. The van der Waals surface area contributed by atoms with Gasteiger partial charge in [-0.25, -0.2) is 4.99 Å². The standard InChI is InChI=1S/C18H20N2/c1-3-17-18(12-14(2)20-17,15-8-5-4-6-9-15)16-10-7-11-19-13-16/h4-11,13-14H,3,12H2,1-2H3/p+1/t14-,18?/m0/s1. The number of hydrogen-bond donors (Lipinski definition) is 1. The second kappa shape index (κ2) is 5.20. The van der Waals surface area contributed by atoms with Gasteiger partial charge in [-0.05, 0) is 24.1 Å². The summed E-state index contributed by atoms with van der Waals surface area (Å²) in [5, 5.41) is 0. The molecule has 0 radical (unpaired) electrons. The first kappa shape index (κ1) is 13.0. The summed E-state index contributed by atoms with van der Waals surface area (Å²) in [6, 6.07) is 15.5. The summed E-state index contributed by atoms with van der Waals surface area (Å²) in [7, 11) is 0. The van der Waals surface area contributed by atoms with Crippen LogP contribution in [0.15, 0.2) is 54.9 Å². The van der Waals surface area contributed by atoms with Gasteiger partial charge in [0, 0.05) is 25.2 Å². The van der Waals surface area contributed by atoms with Gasteiger partial charge in [0.15, 0.2) is 5.71 Å². The summed E-state index contributed by atoms with van der Waals surface area (Å²) in [5.41, 5.74) is 4.02. The first-order valence-electron chi connectivity index (χ1n) is 7.36. The van der Waals surface area contributed by atoms with Gasteiger partial charge in [0.2, 0.25) is 0 Å². The molecule has 0 spiro atoms. The fraction of sp³-hybridized carbons (Fsp3) is 0.333. The second-order valence-electron chi connectivity index (χ2n) is 5.59. The molecule has 0 fully saturated rings. The van der Waals surface area contributed by atoms with E-state index in [1.165, 1.54) is 16.8 Å². The first-order valence-corrected chi connectivity index (χ1v) is 7.36. The summed E-state index contributed by atoms with van der Waals surface area (Å²) in [5.74, 6) is 0. The summed E-state index contributed by atoms with van der Waals surface area (Å²) < 4.78 is 0. The van der Waals surface area contributed by atoms with Crippen molar-refractivity contribution < 1.29 is 4.99 Å². The summed E-state index contributed by atoms with van der Waals surface area (Å²) in [6.45, 7) is 4.49. The molecule has 1 aliphatic heterocycles. The number of hydrogen-bond acceptors (Lipinski definition) is 1. The highest BCUT2D eigenvalue weighted by Gasteiger charge is 2.49. The van der Waals surface area contributed by atoms with Crippen LogP contribution in [-0.4, -0.2) is 16.7 Å². The predicted molar refractivity (Wildman–Crippen MR) is 81.8 cm³/mol. The lowest BCUT2D eigenvalue weighted by atomic mass is 9.69. The van der Waals surface area contributed by atoms with Gasteiger partial charge in [-0.15, -0.1) is 0 Å². The van der Waals surface area contributed by atoms with Gasteiger partial charge in [-0.2, -0.15) is 0 Å². The highest BCUT2D eigenvalue weighted by molar-refractivity contribution is 5.94. The van der Waals surface area contributed by atoms with Crippen LogP contribution in [0.4, 0.5) is 0 Å². The summed E-state index contributed by atoms with van der Waals surface area (Å²) in [4.78, 5) is 8.03. The zero-order valence-corrected chi connectivity index (χ0v) is 12.1. The third-order valence-corrected chi connectivity index (χ3v) is 4.32. The van der Waals surface area contributed by atoms with E-state index in [1.54, 1.807) is 0 Å². The van der Waals surface area contributed by atoms with Gasteiger partial charge in [-0.1, -0.05) is 43.3 Å². The molecule has 2 heterocycles. The molecule has 0 amide bonds. The van der Waals surface area contributed by atoms with Gasteiger partial charge in [0.05, 0.1) is 0 Å². The summed E-state index contributed by atoms with van der Waals surface area (Å²) in [6.07, 6.45) is 5.99. The first-order chi connectivity index (χ1) is 9.77. The van der Waals surface area contributed by atoms with E-state index in [2.05, 4.69) is 60.2 Å². The molecule has 0 aliphatic carbocycles. The Morgan fingerprint density at radius 3 is 2.55 bits per heavy atom. The molecule has 1 N–H and O–H groups in total. The van der Waals surface area contributed by atoms with Crippen LogP contribution >= 0.6 is 0 Å². The topological polar surface area (TPSA) is 26.9 Å². The molecule has 2 heteroatoms. The van der Waals surface area contributed by atoms with E-state index in [9.17, 15) is 0 Å². The average Bonchev–Trinajstić information content (AvgIpc) is 2.87.